The van der Waals surface area contributed by atoms with Gasteiger partial charge in [0.1, 0.15) is 5.70 Å². The van der Waals surface area contributed by atoms with Gasteiger partial charge in [0.25, 0.3) is 11.8 Å². The highest BCUT2D eigenvalue weighted by molar-refractivity contribution is 6.46. The van der Waals surface area contributed by atoms with E-state index in [4.69, 9.17) is 23.2 Å². The number of imide groups is 1. The highest BCUT2D eigenvalue weighted by atomic mass is 35.5. The van der Waals surface area contributed by atoms with E-state index in [2.05, 4.69) is 5.32 Å². The maximum Gasteiger partial charge on any atom is 0.282 e. The molecule has 0 fully saturated rings. The third-order valence-electron chi connectivity index (χ3n) is 5.28. The monoisotopic (exact) mass is 450 g/mol. The first-order valence-corrected chi connectivity index (χ1v) is 10.5. The van der Waals surface area contributed by atoms with Gasteiger partial charge < -0.3 is 5.32 Å². The Balaban J connectivity index is 1.88. The molecule has 0 spiro atoms. The predicted octanol–water partition coefficient (Wildman–Crippen LogP) is 6.32. The minimum Gasteiger partial charge on any atom is -0.350 e. The standard InChI is InChI=1S/C25H20Cl2N2O2/c1-14-4-5-16(3)21(12-14)29-24(30)22(17-7-10-18(26)11-8-17)23(25(29)31)28-20-13-19(27)9-6-15(20)2/h4-13,28H,1-3H3. The fourth-order valence-corrected chi connectivity index (χ4v) is 3.87. The number of benzene rings is 3. The fourth-order valence-electron chi connectivity index (χ4n) is 3.57. The normalized spacial score (nSPS) is 13.9. The zero-order valence-electron chi connectivity index (χ0n) is 17.3. The summed E-state index contributed by atoms with van der Waals surface area (Å²) in [6, 6.07) is 17.9. The summed E-state index contributed by atoms with van der Waals surface area (Å²) in [7, 11) is 0. The van der Waals surface area contributed by atoms with Gasteiger partial charge in [0.15, 0.2) is 0 Å². The molecule has 1 aliphatic rings. The van der Waals surface area contributed by atoms with E-state index < -0.39 is 5.91 Å². The third-order valence-corrected chi connectivity index (χ3v) is 5.77. The Morgan fingerprint density at radius 2 is 1.39 bits per heavy atom. The van der Waals surface area contributed by atoms with E-state index in [-0.39, 0.29) is 11.6 Å². The van der Waals surface area contributed by atoms with Crippen molar-refractivity contribution in [2.75, 3.05) is 10.2 Å². The number of anilines is 2. The van der Waals surface area contributed by atoms with Crippen LogP contribution in [0.3, 0.4) is 0 Å². The molecule has 0 radical (unpaired) electrons. The van der Waals surface area contributed by atoms with Crippen LogP contribution in [0.25, 0.3) is 5.57 Å². The van der Waals surface area contributed by atoms with Gasteiger partial charge >= 0.3 is 0 Å². The molecule has 0 unspecified atom stereocenters. The maximum absolute atomic E-state index is 13.6. The molecular formula is C25H20Cl2N2O2. The highest BCUT2D eigenvalue weighted by Gasteiger charge is 2.41. The molecule has 3 aromatic carbocycles. The Hall–Kier alpha value is -3.08. The lowest BCUT2D eigenvalue weighted by atomic mass is 10.0. The van der Waals surface area contributed by atoms with Crippen molar-refractivity contribution in [1.82, 2.24) is 0 Å². The van der Waals surface area contributed by atoms with E-state index in [0.29, 0.717) is 32.6 Å². The molecule has 31 heavy (non-hydrogen) atoms. The second-order valence-electron chi connectivity index (χ2n) is 7.58. The summed E-state index contributed by atoms with van der Waals surface area (Å²) in [4.78, 5) is 28.4. The fraction of sp³-hybridized carbons (Fsp3) is 0.120. The van der Waals surface area contributed by atoms with Gasteiger partial charge in [0.05, 0.1) is 11.3 Å². The smallest absolute Gasteiger partial charge is 0.282 e. The second-order valence-corrected chi connectivity index (χ2v) is 8.45. The lowest BCUT2D eigenvalue weighted by Crippen LogP contribution is -2.33. The van der Waals surface area contributed by atoms with Gasteiger partial charge in [-0.1, -0.05) is 53.5 Å². The zero-order chi connectivity index (χ0) is 22.3. The van der Waals surface area contributed by atoms with Crippen molar-refractivity contribution in [3.8, 4) is 0 Å². The molecule has 3 aromatic rings. The minimum atomic E-state index is -0.414. The van der Waals surface area contributed by atoms with Crippen molar-refractivity contribution in [2.24, 2.45) is 0 Å². The number of amides is 2. The van der Waals surface area contributed by atoms with Crippen molar-refractivity contribution in [3.63, 3.8) is 0 Å². The van der Waals surface area contributed by atoms with E-state index in [1.54, 1.807) is 36.4 Å². The molecule has 0 atom stereocenters. The number of aryl methyl sites for hydroxylation is 3. The molecule has 0 saturated carbocycles. The summed E-state index contributed by atoms with van der Waals surface area (Å²) in [5.74, 6) is -0.800. The topological polar surface area (TPSA) is 49.4 Å². The van der Waals surface area contributed by atoms with Crippen LogP contribution >= 0.6 is 23.2 Å². The molecule has 6 heteroatoms. The summed E-state index contributed by atoms with van der Waals surface area (Å²) in [5, 5.41) is 4.26. The third kappa shape index (κ3) is 3.97. The van der Waals surface area contributed by atoms with Crippen LogP contribution in [0, 0.1) is 20.8 Å². The van der Waals surface area contributed by atoms with Crippen LogP contribution in [0.4, 0.5) is 11.4 Å². The molecule has 156 valence electrons. The van der Waals surface area contributed by atoms with Gasteiger partial charge in [-0.05, 0) is 73.4 Å². The first-order valence-electron chi connectivity index (χ1n) is 9.75. The summed E-state index contributed by atoms with van der Waals surface area (Å²) in [5.41, 5.74) is 5.04. The lowest BCUT2D eigenvalue weighted by Gasteiger charge is -2.18. The van der Waals surface area contributed by atoms with Crippen LogP contribution in [0.1, 0.15) is 22.3 Å². The number of rotatable bonds is 4. The number of hydrogen-bond donors (Lipinski definition) is 1. The lowest BCUT2D eigenvalue weighted by molar-refractivity contribution is -0.120. The quantitative estimate of drug-likeness (QED) is 0.473. The molecule has 0 saturated heterocycles. The molecule has 0 aromatic heterocycles. The molecule has 0 bridgehead atoms. The van der Waals surface area contributed by atoms with Crippen LogP contribution in [0.2, 0.25) is 10.0 Å². The van der Waals surface area contributed by atoms with Crippen molar-refractivity contribution >= 4 is 52.0 Å². The summed E-state index contributed by atoms with van der Waals surface area (Å²) in [6.45, 7) is 5.71. The Kier molecular flexibility index (Phi) is 5.61. The molecule has 2 amide bonds. The van der Waals surface area contributed by atoms with Gasteiger partial charge in [0.2, 0.25) is 0 Å². The van der Waals surface area contributed by atoms with Gasteiger partial charge in [-0.2, -0.15) is 0 Å². The van der Waals surface area contributed by atoms with E-state index >= 15 is 0 Å². The molecular weight excluding hydrogens is 431 g/mol. The summed E-state index contributed by atoms with van der Waals surface area (Å²) in [6.07, 6.45) is 0. The molecule has 1 aliphatic heterocycles. The van der Waals surface area contributed by atoms with Crippen LogP contribution < -0.4 is 10.2 Å². The van der Waals surface area contributed by atoms with E-state index in [1.807, 2.05) is 45.0 Å². The van der Waals surface area contributed by atoms with E-state index in [9.17, 15) is 9.59 Å². The Morgan fingerprint density at radius 1 is 0.742 bits per heavy atom. The van der Waals surface area contributed by atoms with Crippen molar-refractivity contribution in [1.29, 1.82) is 0 Å². The van der Waals surface area contributed by atoms with E-state index in [0.717, 1.165) is 16.7 Å². The average Bonchev–Trinajstić information content (AvgIpc) is 2.97. The largest absolute Gasteiger partial charge is 0.350 e. The number of hydrogen-bond acceptors (Lipinski definition) is 3. The van der Waals surface area contributed by atoms with Crippen LogP contribution in [0.15, 0.2) is 66.4 Å². The summed E-state index contributed by atoms with van der Waals surface area (Å²) < 4.78 is 0. The summed E-state index contributed by atoms with van der Waals surface area (Å²) >= 11 is 12.2. The molecule has 4 nitrogen and oxygen atoms in total. The van der Waals surface area contributed by atoms with Crippen LogP contribution in [-0.2, 0) is 9.59 Å². The van der Waals surface area contributed by atoms with Gasteiger partial charge in [-0.15, -0.1) is 0 Å². The van der Waals surface area contributed by atoms with Gasteiger partial charge in [0, 0.05) is 15.7 Å². The Morgan fingerprint density at radius 3 is 2.10 bits per heavy atom. The number of carbonyl (C=O) groups is 2. The van der Waals surface area contributed by atoms with Crippen molar-refractivity contribution < 1.29 is 9.59 Å². The van der Waals surface area contributed by atoms with Gasteiger partial charge in [-0.25, -0.2) is 4.90 Å². The van der Waals surface area contributed by atoms with Crippen molar-refractivity contribution in [3.05, 3.63) is 98.7 Å². The SMILES string of the molecule is Cc1ccc(C)c(N2C(=O)C(Nc3cc(Cl)ccc3C)=C(c3ccc(Cl)cc3)C2=O)c1. The number of nitrogens with one attached hydrogen (secondary N) is 1. The van der Waals surface area contributed by atoms with Crippen LogP contribution in [0.5, 0.6) is 0 Å². The first-order chi connectivity index (χ1) is 14.8. The zero-order valence-corrected chi connectivity index (χ0v) is 18.8. The number of carbonyl (C=O) groups excluding carboxylic acids is 2. The van der Waals surface area contributed by atoms with E-state index in [1.165, 1.54) is 4.90 Å². The minimum absolute atomic E-state index is 0.207. The predicted molar refractivity (Wildman–Crippen MR) is 127 cm³/mol. The Labute approximate surface area is 191 Å². The first kappa shape index (κ1) is 21.2. The van der Waals surface area contributed by atoms with Crippen molar-refractivity contribution in [2.45, 2.75) is 20.8 Å². The van der Waals surface area contributed by atoms with Gasteiger partial charge in [-0.3, -0.25) is 9.59 Å². The Bertz CT molecular complexity index is 1250. The second kappa shape index (κ2) is 8.22. The molecule has 1 N–H and O–H groups in total. The maximum atomic E-state index is 13.6. The van der Waals surface area contributed by atoms with Crippen LogP contribution in [-0.4, -0.2) is 11.8 Å². The average molecular weight is 451 g/mol. The number of nitrogens with zero attached hydrogens (tertiary/aromatic N) is 1. The number of halogens is 2. The highest BCUT2D eigenvalue weighted by Crippen LogP contribution is 2.36. The molecule has 0 aliphatic carbocycles. The molecule has 1 heterocycles. The molecule has 4 rings (SSSR count).